The van der Waals surface area contributed by atoms with E-state index in [4.69, 9.17) is 4.74 Å². The number of carbonyl (C=O) groups excluding carboxylic acids is 2. The molecule has 32 heavy (non-hydrogen) atoms. The van der Waals surface area contributed by atoms with E-state index in [1.807, 2.05) is 67.6 Å². The summed E-state index contributed by atoms with van der Waals surface area (Å²) in [6, 6.07) is 19.2. The zero-order valence-corrected chi connectivity index (χ0v) is 18.6. The lowest BCUT2D eigenvalue weighted by atomic mass is 10.1. The van der Waals surface area contributed by atoms with E-state index < -0.39 is 11.2 Å². The number of hydrogen-bond donors (Lipinski definition) is 1. The molecule has 1 unspecified atom stereocenters. The number of amides is 2. The predicted molar refractivity (Wildman–Crippen MR) is 123 cm³/mol. The number of nitrogens with one attached hydrogen (secondary N) is 1. The van der Waals surface area contributed by atoms with E-state index in [-0.39, 0.29) is 11.5 Å². The lowest BCUT2D eigenvalue weighted by Gasteiger charge is -2.27. The van der Waals surface area contributed by atoms with Crippen molar-refractivity contribution < 1.29 is 14.3 Å². The van der Waals surface area contributed by atoms with Crippen LogP contribution in [0.5, 0.6) is 0 Å². The van der Waals surface area contributed by atoms with Crippen molar-refractivity contribution in [1.29, 1.82) is 5.26 Å². The molecule has 2 saturated heterocycles. The minimum Gasteiger partial charge on any atom is -0.379 e. The quantitative estimate of drug-likeness (QED) is 0.559. The second-order valence-electron chi connectivity index (χ2n) is 7.64. The van der Waals surface area contributed by atoms with Gasteiger partial charge in [-0.3, -0.25) is 19.9 Å². The number of rotatable bonds is 5. The lowest BCUT2D eigenvalue weighted by molar-refractivity contribution is -0.123. The SMILES string of the molecule is Cc1ccc(CC2S/C(=C(\C#N)C(=O)NN3CCOCC3)N(c3ccccc3)C2=O)cc1. The highest BCUT2D eigenvalue weighted by molar-refractivity contribution is 8.05. The van der Waals surface area contributed by atoms with Crippen molar-refractivity contribution in [2.45, 2.75) is 18.6 Å². The Labute approximate surface area is 191 Å². The summed E-state index contributed by atoms with van der Waals surface area (Å²) < 4.78 is 5.31. The van der Waals surface area contributed by atoms with Crippen LogP contribution in [0.15, 0.2) is 65.2 Å². The van der Waals surface area contributed by atoms with Crippen LogP contribution in [0, 0.1) is 18.3 Å². The number of anilines is 1. The third kappa shape index (κ3) is 4.86. The minimum atomic E-state index is -0.512. The van der Waals surface area contributed by atoms with Crippen molar-refractivity contribution in [1.82, 2.24) is 10.4 Å². The molecule has 2 aliphatic heterocycles. The Bertz CT molecular complexity index is 1060. The summed E-state index contributed by atoms with van der Waals surface area (Å²) in [5, 5.41) is 11.6. The van der Waals surface area contributed by atoms with Crippen LogP contribution in [0.4, 0.5) is 5.69 Å². The van der Waals surface area contributed by atoms with Crippen LogP contribution in [0.25, 0.3) is 0 Å². The number of thioether (sulfide) groups is 1. The maximum atomic E-state index is 13.4. The molecule has 0 saturated carbocycles. The summed E-state index contributed by atoms with van der Waals surface area (Å²) in [5.74, 6) is -0.648. The Hall–Kier alpha value is -3.12. The number of hydrazine groups is 1. The maximum absolute atomic E-state index is 13.4. The lowest BCUT2D eigenvalue weighted by Crippen LogP contribution is -2.49. The van der Waals surface area contributed by atoms with Gasteiger partial charge in [0.1, 0.15) is 16.7 Å². The number of carbonyl (C=O) groups is 2. The molecule has 1 N–H and O–H groups in total. The molecule has 2 heterocycles. The molecule has 2 fully saturated rings. The van der Waals surface area contributed by atoms with Crippen LogP contribution >= 0.6 is 11.8 Å². The Morgan fingerprint density at radius 1 is 1.16 bits per heavy atom. The summed E-state index contributed by atoms with van der Waals surface area (Å²) in [6.07, 6.45) is 0.514. The first-order valence-corrected chi connectivity index (χ1v) is 11.3. The molecule has 0 aromatic heterocycles. The standard InChI is InChI=1S/C24H24N4O3S/c1-17-7-9-18(10-8-17)15-21-23(30)28(19-5-3-2-4-6-19)24(32-21)20(16-25)22(29)26-27-11-13-31-14-12-27/h2-10,21H,11-15H2,1H3,(H,26,29)/b24-20+. The molecule has 0 aliphatic carbocycles. The van der Waals surface area contributed by atoms with E-state index in [1.165, 1.54) is 16.7 Å². The van der Waals surface area contributed by atoms with Crippen molar-refractivity contribution in [3.63, 3.8) is 0 Å². The fourth-order valence-corrected chi connectivity index (χ4v) is 4.92. The topological polar surface area (TPSA) is 85.7 Å². The van der Waals surface area contributed by atoms with Crippen molar-refractivity contribution in [3.05, 3.63) is 76.3 Å². The summed E-state index contributed by atoms with van der Waals surface area (Å²) >= 11 is 1.27. The zero-order chi connectivity index (χ0) is 22.5. The van der Waals surface area contributed by atoms with E-state index in [9.17, 15) is 14.9 Å². The van der Waals surface area contributed by atoms with Gasteiger partial charge in [-0.1, -0.05) is 59.8 Å². The molecule has 8 heteroatoms. The smallest absolute Gasteiger partial charge is 0.278 e. The van der Waals surface area contributed by atoms with Crippen LogP contribution in [0.1, 0.15) is 11.1 Å². The normalized spacial score (nSPS) is 20.7. The fourth-order valence-electron chi connectivity index (χ4n) is 3.61. The van der Waals surface area contributed by atoms with Gasteiger partial charge in [-0.2, -0.15) is 5.26 Å². The largest absolute Gasteiger partial charge is 0.379 e. The zero-order valence-electron chi connectivity index (χ0n) is 17.8. The molecule has 164 valence electrons. The second-order valence-corrected chi connectivity index (χ2v) is 8.83. The molecule has 7 nitrogen and oxygen atoms in total. The van der Waals surface area contributed by atoms with Gasteiger partial charge in [0.15, 0.2) is 0 Å². The second kappa shape index (κ2) is 10.0. The molecule has 0 bridgehead atoms. The predicted octanol–water partition coefficient (Wildman–Crippen LogP) is 2.78. The van der Waals surface area contributed by atoms with E-state index in [1.54, 1.807) is 5.01 Å². The molecule has 2 aromatic carbocycles. The number of nitrogens with zero attached hydrogens (tertiary/aromatic N) is 3. The Morgan fingerprint density at radius 3 is 2.50 bits per heavy atom. The highest BCUT2D eigenvalue weighted by Crippen LogP contribution is 2.41. The van der Waals surface area contributed by atoms with Gasteiger partial charge in [0.2, 0.25) is 5.91 Å². The van der Waals surface area contributed by atoms with Crippen LogP contribution in [-0.2, 0) is 20.7 Å². The van der Waals surface area contributed by atoms with E-state index in [2.05, 4.69) is 5.43 Å². The summed E-state index contributed by atoms with van der Waals surface area (Å²) in [4.78, 5) is 27.9. The van der Waals surface area contributed by atoms with Crippen molar-refractivity contribution in [2.24, 2.45) is 0 Å². The van der Waals surface area contributed by atoms with Gasteiger partial charge < -0.3 is 4.74 Å². The molecule has 0 radical (unpaired) electrons. The Kier molecular flexibility index (Phi) is 6.90. The van der Waals surface area contributed by atoms with E-state index in [0.29, 0.717) is 43.4 Å². The van der Waals surface area contributed by atoms with Gasteiger partial charge in [0, 0.05) is 18.8 Å². The maximum Gasteiger partial charge on any atom is 0.278 e. The van der Waals surface area contributed by atoms with Gasteiger partial charge in [-0.15, -0.1) is 0 Å². The average molecular weight is 449 g/mol. The Balaban J connectivity index is 1.66. The molecule has 2 amide bonds. The van der Waals surface area contributed by atoms with Gasteiger partial charge >= 0.3 is 0 Å². The molecular weight excluding hydrogens is 424 g/mol. The van der Waals surface area contributed by atoms with Gasteiger partial charge in [-0.05, 0) is 31.0 Å². The summed E-state index contributed by atoms with van der Waals surface area (Å²) in [7, 11) is 0. The first-order valence-electron chi connectivity index (χ1n) is 10.5. The molecule has 2 aliphatic rings. The van der Waals surface area contributed by atoms with Crippen LogP contribution in [0.2, 0.25) is 0 Å². The molecular formula is C24H24N4O3S. The van der Waals surface area contributed by atoms with Gasteiger partial charge in [0.25, 0.3) is 5.91 Å². The van der Waals surface area contributed by atoms with Crippen LogP contribution < -0.4 is 10.3 Å². The van der Waals surface area contributed by atoms with Crippen molar-refractivity contribution >= 4 is 29.3 Å². The number of para-hydroxylation sites is 1. The van der Waals surface area contributed by atoms with E-state index >= 15 is 0 Å². The van der Waals surface area contributed by atoms with Crippen LogP contribution in [0.3, 0.4) is 0 Å². The van der Waals surface area contributed by atoms with Crippen LogP contribution in [-0.4, -0.2) is 48.4 Å². The number of ether oxygens (including phenoxy) is 1. The molecule has 2 aromatic rings. The number of nitriles is 1. The Morgan fingerprint density at radius 2 is 1.84 bits per heavy atom. The third-order valence-corrected chi connectivity index (χ3v) is 6.60. The number of aryl methyl sites for hydroxylation is 1. The third-order valence-electron chi connectivity index (χ3n) is 5.33. The summed E-state index contributed by atoms with van der Waals surface area (Å²) in [5.41, 5.74) is 5.54. The average Bonchev–Trinajstić information content (AvgIpc) is 3.12. The number of morpholine rings is 1. The number of hydrogen-bond acceptors (Lipinski definition) is 6. The van der Waals surface area contributed by atoms with Gasteiger partial charge in [-0.25, -0.2) is 5.01 Å². The monoisotopic (exact) mass is 448 g/mol. The summed E-state index contributed by atoms with van der Waals surface area (Å²) in [6.45, 7) is 4.14. The molecule has 4 rings (SSSR count). The highest BCUT2D eigenvalue weighted by Gasteiger charge is 2.41. The molecule has 1 atom stereocenters. The highest BCUT2D eigenvalue weighted by atomic mass is 32.2. The number of benzene rings is 2. The fraction of sp³-hybridized carbons (Fsp3) is 0.292. The minimum absolute atomic E-state index is 0.0647. The molecule has 0 spiro atoms. The van der Waals surface area contributed by atoms with Crippen molar-refractivity contribution in [2.75, 3.05) is 31.2 Å². The van der Waals surface area contributed by atoms with Gasteiger partial charge in [0.05, 0.1) is 18.5 Å². The van der Waals surface area contributed by atoms with Crippen molar-refractivity contribution in [3.8, 4) is 6.07 Å². The first-order chi connectivity index (χ1) is 15.6. The van der Waals surface area contributed by atoms with E-state index in [0.717, 1.165) is 11.1 Å². The first kappa shape index (κ1) is 22.1.